The lowest BCUT2D eigenvalue weighted by Gasteiger charge is -2.09. The van der Waals surface area contributed by atoms with Crippen molar-refractivity contribution in [3.63, 3.8) is 0 Å². The summed E-state index contributed by atoms with van der Waals surface area (Å²) in [6.07, 6.45) is 0. The number of nitrogens with zero attached hydrogens (tertiary/aromatic N) is 1. The second kappa shape index (κ2) is 7.25. The van der Waals surface area contributed by atoms with E-state index in [9.17, 15) is 4.79 Å². The molecule has 0 aliphatic carbocycles. The quantitative estimate of drug-likeness (QED) is 0.759. The summed E-state index contributed by atoms with van der Waals surface area (Å²) in [5, 5.41) is 0. The van der Waals surface area contributed by atoms with E-state index in [-0.39, 0.29) is 18.4 Å². The van der Waals surface area contributed by atoms with Gasteiger partial charge in [-0.2, -0.15) is 0 Å². The van der Waals surface area contributed by atoms with Crippen LogP contribution in [-0.4, -0.2) is 38.1 Å². The molecule has 0 unspecified atom stereocenters. The maximum Gasteiger partial charge on any atom is 0.338 e. The van der Waals surface area contributed by atoms with E-state index in [1.807, 2.05) is 44.1 Å². The molecule has 16 heavy (non-hydrogen) atoms. The summed E-state index contributed by atoms with van der Waals surface area (Å²) in [6, 6.07) is 7.41. The molecular weight excluding hydrogens is 226 g/mol. The first kappa shape index (κ1) is 14.9. The Morgan fingerprint density at radius 3 is 2.62 bits per heavy atom. The summed E-state index contributed by atoms with van der Waals surface area (Å²) >= 11 is 0. The van der Waals surface area contributed by atoms with Gasteiger partial charge in [0, 0.05) is 6.54 Å². The van der Waals surface area contributed by atoms with E-state index < -0.39 is 0 Å². The van der Waals surface area contributed by atoms with Gasteiger partial charge < -0.3 is 9.64 Å². The topological polar surface area (TPSA) is 29.5 Å². The fourth-order valence-electron chi connectivity index (χ4n) is 1.18. The maximum absolute atomic E-state index is 11.5. The van der Waals surface area contributed by atoms with E-state index in [0.717, 1.165) is 12.1 Å². The van der Waals surface area contributed by atoms with Gasteiger partial charge in [0.15, 0.2) is 0 Å². The molecule has 0 atom stereocenters. The molecule has 0 N–H and O–H groups in total. The van der Waals surface area contributed by atoms with E-state index in [0.29, 0.717) is 12.2 Å². The standard InChI is InChI=1S/C12H17NO2.ClH/c1-10-5-4-6-11(9-10)12(14)15-8-7-13(2)3;/h4-6,9H,7-8H2,1-3H3;1H. The molecule has 0 saturated heterocycles. The fraction of sp³-hybridized carbons (Fsp3) is 0.417. The largest absolute Gasteiger partial charge is 0.461 e. The van der Waals surface area contributed by atoms with Crippen LogP contribution in [0.5, 0.6) is 0 Å². The molecule has 1 rings (SSSR count). The Kier molecular flexibility index (Phi) is 6.77. The molecule has 1 aromatic carbocycles. The Hall–Kier alpha value is -1.06. The van der Waals surface area contributed by atoms with Crippen LogP contribution >= 0.6 is 12.4 Å². The van der Waals surface area contributed by atoms with Crippen molar-refractivity contribution in [2.24, 2.45) is 0 Å². The average molecular weight is 244 g/mol. The van der Waals surface area contributed by atoms with Gasteiger partial charge in [0.25, 0.3) is 0 Å². The van der Waals surface area contributed by atoms with Crippen LogP contribution in [0.2, 0.25) is 0 Å². The van der Waals surface area contributed by atoms with Crippen molar-refractivity contribution in [3.8, 4) is 0 Å². The zero-order valence-corrected chi connectivity index (χ0v) is 10.7. The van der Waals surface area contributed by atoms with Crippen LogP contribution in [0.25, 0.3) is 0 Å². The predicted octanol–water partition coefficient (Wildman–Crippen LogP) is 2.14. The molecule has 0 radical (unpaired) electrons. The number of benzene rings is 1. The van der Waals surface area contributed by atoms with Crippen molar-refractivity contribution in [3.05, 3.63) is 35.4 Å². The molecule has 90 valence electrons. The van der Waals surface area contributed by atoms with E-state index in [1.165, 1.54) is 0 Å². The van der Waals surface area contributed by atoms with E-state index in [1.54, 1.807) is 6.07 Å². The summed E-state index contributed by atoms with van der Waals surface area (Å²) in [6.45, 7) is 3.13. The molecule has 0 aliphatic heterocycles. The second-order valence-corrected chi connectivity index (χ2v) is 3.81. The molecule has 0 fully saturated rings. The Morgan fingerprint density at radius 2 is 2.06 bits per heavy atom. The monoisotopic (exact) mass is 243 g/mol. The molecule has 4 heteroatoms. The smallest absolute Gasteiger partial charge is 0.338 e. The van der Waals surface area contributed by atoms with Crippen LogP contribution < -0.4 is 0 Å². The Bertz CT molecular complexity index is 340. The van der Waals surface area contributed by atoms with E-state index in [4.69, 9.17) is 4.74 Å². The van der Waals surface area contributed by atoms with Gasteiger partial charge >= 0.3 is 5.97 Å². The van der Waals surface area contributed by atoms with Gasteiger partial charge in [0.1, 0.15) is 6.61 Å². The number of halogens is 1. The van der Waals surface area contributed by atoms with Gasteiger partial charge in [0.2, 0.25) is 0 Å². The first-order valence-electron chi connectivity index (χ1n) is 4.98. The number of rotatable bonds is 4. The van der Waals surface area contributed by atoms with Crippen molar-refractivity contribution in [2.45, 2.75) is 6.92 Å². The van der Waals surface area contributed by atoms with Crippen molar-refractivity contribution in [1.82, 2.24) is 4.90 Å². The number of ether oxygens (including phenoxy) is 1. The number of hydrogen-bond acceptors (Lipinski definition) is 3. The van der Waals surface area contributed by atoms with Gasteiger partial charge in [-0.15, -0.1) is 12.4 Å². The van der Waals surface area contributed by atoms with Crippen LogP contribution in [0.3, 0.4) is 0 Å². The summed E-state index contributed by atoms with van der Waals surface area (Å²) in [5.41, 5.74) is 1.69. The van der Waals surface area contributed by atoms with Gasteiger partial charge in [0.05, 0.1) is 5.56 Å². The number of likely N-dealkylation sites (N-methyl/N-ethyl adjacent to an activating group) is 1. The second-order valence-electron chi connectivity index (χ2n) is 3.81. The number of aryl methyl sites for hydroxylation is 1. The first-order chi connectivity index (χ1) is 7.09. The minimum Gasteiger partial charge on any atom is -0.461 e. The predicted molar refractivity (Wildman–Crippen MR) is 67.3 cm³/mol. The molecule has 0 aliphatic rings. The van der Waals surface area contributed by atoms with Crippen LogP contribution in [0, 0.1) is 6.92 Å². The fourth-order valence-corrected chi connectivity index (χ4v) is 1.18. The lowest BCUT2D eigenvalue weighted by atomic mass is 10.1. The van der Waals surface area contributed by atoms with Crippen molar-refractivity contribution < 1.29 is 9.53 Å². The summed E-state index contributed by atoms with van der Waals surface area (Å²) < 4.78 is 5.11. The van der Waals surface area contributed by atoms with Gasteiger partial charge in [-0.1, -0.05) is 17.7 Å². The van der Waals surface area contributed by atoms with Crippen molar-refractivity contribution in [1.29, 1.82) is 0 Å². The highest BCUT2D eigenvalue weighted by Crippen LogP contribution is 2.05. The molecule has 0 bridgehead atoms. The van der Waals surface area contributed by atoms with E-state index >= 15 is 0 Å². The van der Waals surface area contributed by atoms with Crippen LogP contribution in [0.15, 0.2) is 24.3 Å². The minimum atomic E-state index is -0.249. The molecule has 0 aromatic heterocycles. The zero-order valence-electron chi connectivity index (χ0n) is 9.90. The van der Waals surface area contributed by atoms with E-state index in [2.05, 4.69) is 0 Å². The van der Waals surface area contributed by atoms with Gasteiger partial charge in [-0.3, -0.25) is 0 Å². The van der Waals surface area contributed by atoms with Crippen LogP contribution in [0.4, 0.5) is 0 Å². The molecule has 1 aromatic rings. The van der Waals surface area contributed by atoms with Gasteiger partial charge in [-0.05, 0) is 33.2 Å². The molecule has 3 nitrogen and oxygen atoms in total. The van der Waals surface area contributed by atoms with Crippen molar-refractivity contribution >= 4 is 18.4 Å². The summed E-state index contributed by atoms with van der Waals surface area (Å²) in [7, 11) is 3.89. The summed E-state index contributed by atoms with van der Waals surface area (Å²) in [4.78, 5) is 13.5. The third kappa shape index (κ3) is 5.14. The molecule has 0 spiro atoms. The Labute approximate surface area is 103 Å². The molecule has 0 heterocycles. The third-order valence-corrected chi connectivity index (χ3v) is 2.03. The number of carbonyl (C=O) groups excluding carboxylic acids is 1. The number of hydrogen-bond donors (Lipinski definition) is 0. The van der Waals surface area contributed by atoms with Crippen LogP contribution in [0.1, 0.15) is 15.9 Å². The Morgan fingerprint density at radius 1 is 1.38 bits per heavy atom. The lowest BCUT2D eigenvalue weighted by molar-refractivity contribution is 0.0482. The van der Waals surface area contributed by atoms with Crippen molar-refractivity contribution in [2.75, 3.05) is 27.2 Å². The number of esters is 1. The molecule has 0 amide bonds. The highest BCUT2D eigenvalue weighted by atomic mass is 35.5. The normalized spacial score (nSPS) is 9.75. The highest BCUT2D eigenvalue weighted by molar-refractivity contribution is 5.89. The highest BCUT2D eigenvalue weighted by Gasteiger charge is 2.06. The Balaban J connectivity index is 0.00000225. The van der Waals surface area contributed by atoms with Gasteiger partial charge in [-0.25, -0.2) is 4.79 Å². The maximum atomic E-state index is 11.5. The first-order valence-corrected chi connectivity index (χ1v) is 4.98. The number of carbonyl (C=O) groups is 1. The third-order valence-electron chi connectivity index (χ3n) is 2.03. The molecular formula is C12H18ClNO2. The van der Waals surface area contributed by atoms with Crippen LogP contribution in [-0.2, 0) is 4.74 Å². The zero-order chi connectivity index (χ0) is 11.3. The summed E-state index contributed by atoms with van der Waals surface area (Å²) in [5.74, 6) is -0.249. The lowest BCUT2D eigenvalue weighted by Crippen LogP contribution is -2.20. The molecule has 0 saturated carbocycles. The average Bonchev–Trinajstić information content (AvgIpc) is 2.17. The SMILES string of the molecule is Cc1cccc(C(=O)OCCN(C)C)c1.Cl. The minimum absolute atomic E-state index is 0.